The number of halogens is 2. The molecule has 1 atom stereocenters. The number of nitrogens with two attached hydrogens (primary N) is 1. The quantitative estimate of drug-likeness (QED) is 0.856. The van der Waals surface area contributed by atoms with Crippen LogP contribution in [0.4, 0.5) is 0 Å². The summed E-state index contributed by atoms with van der Waals surface area (Å²) in [5.74, 6) is 0. The predicted molar refractivity (Wildman–Crippen MR) is 84.4 cm³/mol. The lowest BCUT2D eigenvalue weighted by Crippen LogP contribution is -2.17. The maximum Gasteiger partial charge on any atom is 0.0449 e. The summed E-state index contributed by atoms with van der Waals surface area (Å²) >= 11 is 13.9. The van der Waals surface area contributed by atoms with Crippen molar-refractivity contribution in [2.24, 2.45) is 5.73 Å². The third-order valence-corrected chi connectivity index (χ3v) is 4.16. The van der Waals surface area contributed by atoms with Gasteiger partial charge in [-0.2, -0.15) is 0 Å². The normalized spacial score (nSPS) is 12.4. The van der Waals surface area contributed by atoms with Crippen LogP contribution in [-0.4, -0.2) is 6.04 Å². The minimum absolute atomic E-state index is 0.115. The van der Waals surface area contributed by atoms with E-state index in [-0.39, 0.29) is 6.04 Å². The highest BCUT2D eigenvalue weighted by Gasteiger charge is 2.06. The van der Waals surface area contributed by atoms with Crippen LogP contribution in [0.25, 0.3) is 0 Å². The monoisotopic (exact) mass is 311 g/mol. The molecule has 0 fully saturated rings. The third-order valence-electron chi connectivity index (χ3n) is 2.60. The molecule has 0 radical (unpaired) electrons. The van der Waals surface area contributed by atoms with Gasteiger partial charge in [-0.1, -0.05) is 47.1 Å². The maximum atomic E-state index is 6.28. The zero-order chi connectivity index (χ0) is 13.8. The van der Waals surface area contributed by atoms with Gasteiger partial charge in [0.25, 0.3) is 0 Å². The highest BCUT2D eigenvalue weighted by atomic mass is 35.5. The predicted octanol–water partition coefficient (Wildman–Crippen LogP) is 5.03. The second kappa shape index (κ2) is 6.67. The molecule has 0 spiro atoms. The Morgan fingerprint density at radius 1 is 1.11 bits per heavy atom. The number of hydrogen-bond donors (Lipinski definition) is 1. The van der Waals surface area contributed by atoms with E-state index >= 15 is 0 Å². The summed E-state index contributed by atoms with van der Waals surface area (Å²) in [6.07, 6.45) is 0.793. The van der Waals surface area contributed by atoms with Crippen LogP contribution in [0.3, 0.4) is 0 Å². The van der Waals surface area contributed by atoms with Gasteiger partial charge in [0.2, 0.25) is 0 Å². The van der Waals surface area contributed by atoms with E-state index in [1.54, 1.807) is 11.8 Å². The van der Waals surface area contributed by atoms with E-state index in [4.69, 9.17) is 28.9 Å². The molecule has 0 saturated heterocycles. The van der Waals surface area contributed by atoms with Crippen LogP contribution < -0.4 is 5.73 Å². The Morgan fingerprint density at radius 3 is 2.47 bits per heavy atom. The molecule has 2 aromatic carbocycles. The van der Waals surface area contributed by atoms with Crippen LogP contribution in [0.2, 0.25) is 10.0 Å². The molecule has 4 heteroatoms. The molecule has 2 rings (SSSR count). The first-order chi connectivity index (χ1) is 9.04. The highest BCUT2D eigenvalue weighted by molar-refractivity contribution is 7.99. The van der Waals surface area contributed by atoms with Gasteiger partial charge in [-0.15, -0.1) is 0 Å². The van der Waals surface area contributed by atoms with Crippen LogP contribution in [0.5, 0.6) is 0 Å². The Labute approximate surface area is 128 Å². The third kappa shape index (κ3) is 4.43. The smallest absolute Gasteiger partial charge is 0.0449 e. The van der Waals surface area contributed by atoms with Crippen molar-refractivity contribution in [1.82, 2.24) is 0 Å². The summed E-state index contributed by atoms with van der Waals surface area (Å²) < 4.78 is 0. The van der Waals surface area contributed by atoms with Gasteiger partial charge in [0.15, 0.2) is 0 Å². The number of benzene rings is 2. The lowest BCUT2D eigenvalue weighted by atomic mass is 10.1. The Bertz CT molecular complexity index is 570. The van der Waals surface area contributed by atoms with Crippen molar-refractivity contribution < 1.29 is 0 Å². The topological polar surface area (TPSA) is 26.0 Å². The van der Waals surface area contributed by atoms with Gasteiger partial charge in [-0.3, -0.25) is 0 Å². The summed E-state index contributed by atoms with van der Waals surface area (Å²) in [6, 6.07) is 14.0. The number of rotatable bonds is 4. The Balaban J connectivity index is 2.16. The van der Waals surface area contributed by atoms with Crippen molar-refractivity contribution in [1.29, 1.82) is 0 Å². The van der Waals surface area contributed by atoms with E-state index in [9.17, 15) is 0 Å². The lowest BCUT2D eigenvalue weighted by molar-refractivity contribution is 0.738. The molecule has 1 nitrogen and oxygen atoms in total. The largest absolute Gasteiger partial charge is 0.328 e. The Hall–Kier alpha value is -0.670. The SMILES string of the molecule is CC(N)Cc1ccc(Sc2cccc(Cl)c2)cc1Cl. The molecule has 2 N–H and O–H groups in total. The average molecular weight is 312 g/mol. The van der Waals surface area contributed by atoms with Crippen LogP contribution in [-0.2, 0) is 6.42 Å². The lowest BCUT2D eigenvalue weighted by Gasteiger charge is -2.09. The molecule has 0 aromatic heterocycles. The molecular weight excluding hydrogens is 297 g/mol. The van der Waals surface area contributed by atoms with Gasteiger partial charge < -0.3 is 5.73 Å². The van der Waals surface area contributed by atoms with Crippen molar-refractivity contribution >= 4 is 35.0 Å². The van der Waals surface area contributed by atoms with E-state index in [0.29, 0.717) is 0 Å². The van der Waals surface area contributed by atoms with E-state index in [1.165, 1.54) is 0 Å². The maximum absolute atomic E-state index is 6.28. The average Bonchev–Trinajstić information content (AvgIpc) is 2.32. The molecule has 1 unspecified atom stereocenters. The van der Waals surface area contributed by atoms with Crippen LogP contribution in [0.15, 0.2) is 52.3 Å². The van der Waals surface area contributed by atoms with E-state index in [2.05, 4.69) is 6.07 Å². The standard InChI is InChI=1S/C15H15Cl2NS/c1-10(18)7-11-5-6-14(9-15(11)17)19-13-4-2-3-12(16)8-13/h2-6,8-10H,7,18H2,1H3. The van der Waals surface area contributed by atoms with Crippen LogP contribution in [0.1, 0.15) is 12.5 Å². The van der Waals surface area contributed by atoms with Crippen molar-refractivity contribution in [2.75, 3.05) is 0 Å². The molecule has 0 bridgehead atoms. The van der Waals surface area contributed by atoms with Gasteiger partial charge >= 0.3 is 0 Å². The van der Waals surface area contributed by atoms with Gasteiger partial charge in [-0.25, -0.2) is 0 Å². The van der Waals surface area contributed by atoms with Gasteiger partial charge in [0.1, 0.15) is 0 Å². The summed E-state index contributed by atoms with van der Waals surface area (Å²) in [4.78, 5) is 2.20. The second-order valence-electron chi connectivity index (χ2n) is 4.49. The Kier molecular flexibility index (Phi) is 5.17. The molecule has 0 aliphatic rings. The zero-order valence-electron chi connectivity index (χ0n) is 10.6. The molecule has 0 saturated carbocycles. The first-order valence-corrected chi connectivity index (χ1v) is 7.59. The summed E-state index contributed by atoms with van der Waals surface area (Å²) in [7, 11) is 0. The highest BCUT2D eigenvalue weighted by Crippen LogP contribution is 2.32. The van der Waals surface area contributed by atoms with E-state index in [1.807, 2.05) is 43.3 Å². The van der Waals surface area contributed by atoms with Crippen molar-refractivity contribution in [3.05, 3.63) is 58.1 Å². The fourth-order valence-corrected chi connectivity index (χ4v) is 3.27. The van der Waals surface area contributed by atoms with Crippen LogP contribution >= 0.6 is 35.0 Å². The molecule has 0 amide bonds. The summed E-state index contributed by atoms with van der Waals surface area (Å²) in [5.41, 5.74) is 6.88. The van der Waals surface area contributed by atoms with Crippen molar-refractivity contribution in [3.63, 3.8) is 0 Å². The van der Waals surface area contributed by atoms with Gasteiger partial charge in [0.05, 0.1) is 0 Å². The summed E-state index contributed by atoms with van der Waals surface area (Å²) in [5, 5.41) is 1.51. The number of hydrogen-bond acceptors (Lipinski definition) is 2. The van der Waals surface area contributed by atoms with E-state index < -0.39 is 0 Å². The molecule has 0 aliphatic carbocycles. The Morgan fingerprint density at radius 2 is 1.84 bits per heavy atom. The van der Waals surface area contributed by atoms with Crippen molar-refractivity contribution in [3.8, 4) is 0 Å². The molecule has 2 aromatic rings. The zero-order valence-corrected chi connectivity index (χ0v) is 12.9. The molecule has 0 heterocycles. The van der Waals surface area contributed by atoms with Gasteiger partial charge in [0, 0.05) is 25.9 Å². The molecule has 0 aliphatic heterocycles. The van der Waals surface area contributed by atoms with Gasteiger partial charge in [-0.05, 0) is 49.2 Å². The minimum Gasteiger partial charge on any atom is -0.328 e. The minimum atomic E-state index is 0.115. The fourth-order valence-electron chi connectivity index (χ4n) is 1.77. The molecule has 19 heavy (non-hydrogen) atoms. The van der Waals surface area contributed by atoms with Crippen molar-refractivity contribution in [2.45, 2.75) is 29.2 Å². The summed E-state index contributed by atoms with van der Waals surface area (Å²) in [6.45, 7) is 1.98. The van der Waals surface area contributed by atoms with E-state index in [0.717, 1.165) is 31.8 Å². The fraction of sp³-hybridized carbons (Fsp3) is 0.200. The molecule has 100 valence electrons. The molecular formula is C15H15Cl2NS. The van der Waals surface area contributed by atoms with Crippen LogP contribution in [0, 0.1) is 0 Å². The first kappa shape index (κ1) is 14.7. The second-order valence-corrected chi connectivity index (χ2v) is 6.48. The first-order valence-electron chi connectivity index (χ1n) is 6.02.